The third-order valence-corrected chi connectivity index (χ3v) is 6.64. The molecule has 0 amide bonds. The van der Waals surface area contributed by atoms with Crippen molar-refractivity contribution in [1.29, 1.82) is 0 Å². The highest BCUT2D eigenvalue weighted by molar-refractivity contribution is 5.90. The summed E-state index contributed by atoms with van der Waals surface area (Å²) in [6.45, 7) is 2.02. The van der Waals surface area contributed by atoms with E-state index in [-0.39, 0.29) is 6.10 Å². The van der Waals surface area contributed by atoms with E-state index in [0.29, 0.717) is 6.04 Å². The lowest BCUT2D eigenvalue weighted by molar-refractivity contribution is 0.164. The molecule has 6 nitrogen and oxygen atoms in total. The molecule has 0 bridgehead atoms. The van der Waals surface area contributed by atoms with Crippen molar-refractivity contribution in [2.75, 3.05) is 37.4 Å². The van der Waals surface area contributed by atoms with Crippen molar-refractivity contribution in [3.63, 3.8) is 0 Å². The lowest BCUT2D eigenvalue weighted by Crippen LogP contribution is -2.32. The van der Waals surface area contributed by atoms with Crippen LogP contribution in [0.1, 0.15) is 50.2 Å². The fourth-order valence-corrected chi connectivity index (χ4v) is 4.73. The minimum atomic E-state index is -0.361. The van der Waals surface area contributed by atoms with Crippen LogP contribution in [0.5, 0.6) is 0 Å². The fourth-order valence-electron chi connectivity index (χ4n) is 4.73. The van der Waals surface area contributed by atoms with Crippen molar-refractivity contribution >= 4 is 22.7 Å². The van der Waals surface area contributed by atoms with E-state index in [1.165, 1.54) is 12.8 Å². The molecular weight excluding hydrogens is 410 g/mol. The Balaban J connectivity index is 1.18. The van der Waals surface area contributed by atoms with Crippen LogP contribution in [0, 0.1) is 5.92 Å². The van der Waals surface area contributed by atoms with Gasteiger partial charge in [0.25, 0.3) is 0 Å². The number of benzene rings is 2. The number of aromatic nitrogens is 2. The third-order valence-electron chi connectivity index (χ3n) is 6.64. The minimum absolute atomic E-state index is 0.361. The molecule has 176 valence electrons. The highest BCUT2D eigenvalue weighted by Crippen LogP contribution is 2.28. The molecule has 0 aliphatic heterocycles. The van der Waals surface area contributed by atoms with Crippen LogP contribution < -0.4 is 15.5 Å². The first-order valence-electron chi connectivity index (χ1n) is 12.2. The van der Waals surface area contributed by atoms with Crippen LogP contribution >= 0.6 is 0 Å². The van der Waals surface area contributed by atoms with Crippen molar-refractivity contribution in [3.8, 4) is 0 Å². The van der Waals surface area contributed by atoms with Gasteiger partial charge in [-0.2, -0.15) is 4.98 Å². The van der Waals surface area contributed by atoms with Crippen LogP contribution in [0.25, 0.3) is 10.9 Å². The van der Waals surface area contributed by atoms with Crippen LogP contribution in [0.3, 0.4) is 0 Å². The molecule has 1 fully saturated rings. The van der Waals surface area contributed by atoms with Crippen LogP contribution in [-0.4, -0.2) is 48.3 Å². The average Bonchev–Trinajstić information content (AvgIpc) is 2.84. The molecule has 0 spiro atoms. The van der Waals surface area contributed by atoms with Crippen molar-refractivity contribution in [3.05, 3.63) is 60.2 Å². The van der Waals surface area contributed by atoms with E-state index in [1.54, 1.807) is 0 Å². The molecule has 6 heteroatoms. The van der Waals surface area contributed by atoms with Gasteiger partial charge in [0.15, 0.2) is 0 Å². The summed E-state index contributed by atoms with van der Waals surface area (Å²) in [6, 6.07) is 18.6. The summed E-state index contributed by atoms with van der Waals surface area (Å²) in [5, 5.41) is 18.6. The average molecular weight is 448 g/mol. The Morgan fingerprint density at radius 3 is 2.45 bits per heavy atom. The maximum atomic E-state index is 10.3. The van der Waals surface area contributed by atoms with E-state index in [4.69, 9.17) is 9.97 Å². The monoisotopic (exact) mass is 447 g/mol. The van der Waals surface area contributed by atoms with Gasteiger partial charge in [0.2, 0.25) is 5.95 Å². The number of nitrogens with zero attached hydrogens (tertiary/aromatic N) is 3. The Kier molecular flexibility index (Phi) is 8.13. The minimum Gasteiger partial charge on any atom is -0.388 e. The maximum Gasteiger partial charge on any atom is 0.225 e. The zero-order chi connectivity index (χ0) is 23.0. The highest BCUT2D eigenvalue weighted by Gasteiger charge is 2.22. The smallest absolute Gasteiger partial charge is 0.225 e. The van der Waals surface area contributed by atoms with Gasteiger partial charge < -0.3 is 20.6 Å². The van der Waals surface area contributed by atoms with Crippen molar-refractivity contribution in [1.82, 2.24) is 15.3 Å². The van der Waals surface area contributed by atoms with Gasteiger partial charge in [-0.25, -0.2) is 4.98 Å². The molecule has 0 radical (unpaired) electrons. The van der Waals surface area contributed by atoms with E-state index >= 15 is 0 Å². The second-order valence-electron chi connectivity index (χ2n) is 9.42. The SMILES string of the molecule is CN(C)c1nc(NC2CCC(CNCCCC(O)c3ccccc3)CC2)nc2ccccc12. The Bertz CT molecular complexity index is 1000. The summed E-state index contributed by atoms with van der Waals surface area (Å²) >= 11 is 0. The first-order valence-corrected chi connectivity index (χ1v) is 12.2. The summed E-state index contributed by atoms with van der Waals surface area (Å²) in [4.78, 5) is 11.6. The summed E-state index contributed by atoms with van der Waals surface area (Å²) in [5.74, 6) is 2.41. The number of hydrogen-bond acceptors (Lipinski definition) is 6. The van der Waals surface area contributed by atoms with Crippen LogP contribution in [0.4, 0.5) is 11.8 Å². The Morgan fingerprint density at radius 2 is 1.70 bits per heavy atom. The Labute approximate surface area is 197 Å². The first kappa shape index (κ1) is 23.5. The number of hydrogen-bond donors (Lipinski definition) is 3. The lowest BCUT2D eigenvalue weighted by Gasteiger charge is -2.29. The van der Waals surface area contributed by atoms with Gasteiger partial charge >= 0.3 is 0 Å². The molecule has 1 aromatic heterocycles. The predicted octanol–water partition coefficient (Wildman–Crippen LogP) is 4.77. The number of nitrogens with one attached hydrogen (secondary N) is 2. The molecular formula is C27H37N5O. The van der Waals surface area contributed by atoms with Gasteiger partial charge in [-0.3, -0.25) is 0 Å². The largest absolute Gasteiger partial charge is 0.388 e. The van der Waals surface area contributed by atoms with Gasteiger partial charge in [-0.1, -0.05) is 42.5 Å². The Morgan fingerprint density at radius 1 is 0.970 bits per heavy atom. The number of aliphatic hydroxyl groups excluding tert-OH is 1. The summed E-state index contributed by atoms with van der Waals surface area (Å²) in [7, 11) is 4.05. The fraction of sp³-hybridized carbons (Fsp3) is 0.481. The first-order chi connectivity index (χ1) is 16.1. The summed E-state index contributed by atoms with van der Waals surface area (Å²) in [6.07, 6.45) is 6.14. The van der Waals surface area contributed by atoms with Gasteiger partial charge in [0.1, 0.15) is 5.82 Å². The summed E-state index contributed by atoms with van der Waals surface area (Å²) < 4.78 is 0. The standard InChI is InChI=1S/C27H37N5O/c1-32(2)26-23-11-6-7-12-24(23)30-27(31-26)29-22-16-14-20(15-17-22)19-28-18-8-13-25(33)21-9-4-3-5-10-21/h3-7,9-12,20,22,25,28,33H,8,13-19H2,1-2H3,(H,29,30,31). The van der Waals surface area contributed by atoms with Gasteiger partial charge in [-0.15, -0.1) is 0 Å². The number of aliphatic hydroxyl groups is 1. The maximum absolute atomic E-state index is 10.3. The normalized spacial score (nSPS) is 19.4. The van der Waals surface area contributed by atoms with E-state index < -0.39 is 0 Å². The van der Waals surface area contributed by atoms with Gasteiger partial charge in [0.05, 0.1) is 11.6 Å². The molecule has 3 N–H and O–H groups in total. The zero-order valence-electron chi connectivity index (χ0n) is 19.9. The molecule has 33 heavy (non-hydrogen) atoms. The highest BCUT2D eigenvalue weighted by atomic mass is 16.3. The van der Waals surface area contributed by atoms with Crippen molar-refractivity contribution in [2.24, 2.45) is 5.92 Å². The van der Waals surface area contributed by atoms with E-state index in [9.17, 15) is 5.11 Å². The summed E-state index contributed by atoms with van der Waals surface area (Å²) in [5.41, 5.74) is 1.99. The van der Waals surface area contributed by atoms with E-state index in [2.05, 4.69) is 27.7 Å². The zero-order valence-corrected chi connectivity index (χ0v) is 19.9. The van der Waals surface area contributed by atoms with E-state index in [1.807, 2.05) is 56.6 Å². The number of fused-ring (bicyclic) bond motifs is 1. The van der Waals surface area contributed by atoms with Crippen molar-refractivity contribution in [2.45, 2.75) is 50.7 Å². The number of para-hydroxylation sites is 1. The third kappa shape index (κ3) is 6.42. The molecule has 1 atom stereocenters. The second-order valence-corrected chi connectivity index (χ2v) is 9.42. The molecule has 3 aromatic rings. The van der Waals surface area contributed by atoms with Crippen LogP contribution in [-0.2, 0) is 0 Å². The molecule has 1 saturated carbocycles. The topological polar surface area (TPSA) is 73.3 Å². The molecule has 1 aliphatic carbocycles. The van der Waals surface area contributed by atoms with Crippen molar-refractivity contribution < 1.29 is 5.11 Å². The van der Waals surface area contributed by atoms with E-state index in [0.717, 1.165) is 72.9 Å². The molecule has 1 aliphatic rings. The Hall–Kier alpha value is -2.70. The second kappa shape index (κ2) is 11.4. The number of anilines is 2. The van der Waals surface area contributed by atoms with Gasteiger partial charge in [-0.05, 0) is 75.2 Å². The molecule has 1 heterocycles. The van der Waals surface area contributed by atoms with Crippen LogP contribution in [0.2, 0.25) is 0 Å². The predicted molar refractivity (Wildman–Crippen MR) is 137 cm³/mol. The van der Waals surface area contributed by atoms with Gasteiger partial charge in [0, 0.05) is 25.5 Å². The lowest BCUT2D eigenvalue weighted by atomic mass is 9.86. The number of rotatable bonds is 10. The molecule has 1 unspecified atom stereocenters. The molecule has 4 rings (SSSR count). The van der Waals surface area contributed by atoms with Crippen LogP contribution in [0.15, 0.2) is 54.6 Å². The molecule has 0 saturated heterocycles. The molecule has 2 aromatic carbocycles. The quantitative estimate of drug-likeness (QED) is 0.389.